The van der Waals surface area contributed by atoms with Crippen LogP contribution in [-0.4, -0.2) is 28.9 Å². The lowest BCUT2D eigenvalue weighted by Gasteiger charge is -2.25. The van der Waals surface area contributed by atoms with Crippen molar-refractivity contribution >= 4 is 6.03 Å². The molecule has 0 saturated carbocycles. The smallest absolute Gasteiger partial charge is 0.315 e. The van der Waals surface area contributed by atoms with Gasteiger partial charge in [-0.3, -0.25) is 0 Å². The Kier molecular flexibility index (Phi) is 5.15. The average Bonchev–Trinajstić information content (AvgIpc) is 2.76. The summed E-state index contributed by atoms with van der Waals surface area (Å²) in [6.07, 6.45) is 2.16. The molecule has 1 aromatic heterocycles. The van der Waals surface area contributed by atoms with E-state index in [1.165, 1.54) is 6.26 Å². The van der Waals surface area contributed by atoms with E-state index in [2.05, 4.69) is 41.1 Å². The van der Waals surface area contributed by atoms with Crippen LogP contribution in [0, 0.1) is 5.41 Å². The molecule has 0 aliphatic carbocycles. The van der Waals surface area contributed by atoms with Crippen LogP contribution in [0.4, 0.5) is 4.79 Å². The second-order valence-electron chi connectivity index (χ2n) is 5.46. The number of amides is 2. The number of carbonyl (C=O) groups is 1. The molecule has 6 nitrogen and oxygen atoms in total. The number of hydrogen-bond acceptors (Lipinski definition) is 4. The van der Waals surface area contributed by atoms with Gasteiger partial charge >= 0.3 is 6.03 Å². The Morgan fingerprint density at radius 3 is 2.78 bits per heavy atom. The summed E-state index contributed by atoms with van der Waals surface area (Å²) in [5.74, 6) is 0. The Bertz CT molecular complexity index is 357. The molecule has 18 heavy (non-hydrogen) atoms. The summed E-state index contributed by atoms with van der Waals surface area (Å²) in [6, 6.07) is 1.11. The lowest BCUT2D eigenvalue weighted by Crippen LogP contribution is -2.45. The number of hydrogen-bond donors (Lipinski definition) is 3. The van der Waals surface area contributed by atoms with Gasteiger partial charge < -0.3 is 20.3 Å². The van der Waals surface area contributed by atoms with E-state index in [1.54, 1.807) is 6.07 Å². The first kappa shape index (κ1) is 14.5. The van der Waals surface area contributed by atoms with Crippen LogP contribution in [0.5, 0.6) is 0 Å². The highest BCUT2D eigenvalue weighted by atomic mass is 16.5. The maximum atomic E-state index is 11.6. The average molecular weight is 255 g/mol. The molecule has 0 fully saturated rings. The Balaban J connectivity index is 2.33. The van der Waals surface area contributed by atoms with Crippen molar-refractivity contribution in [3.8, 4) is 0 Å². The van der Waals surface area contributed by atoms with Gasteiger partial charge in [0.25, 0.3) is 0 Å². The Morgan fingerprint density at radius 1 is 1.56 bits per heavy atom. The maximum absolute atomic E-state index is 11.6. The van der Waals surface area contributed by atoms with E-state index in [9.17, 15) is 9.90 Å². The van der Waals surface area contributed by atoms with Crippen molar-refractivity contribution in [2.45, 2.75) is 39.8 Å². The van der Waals surface area contributed by atoms with Gasteiger partial charge in [-0.2, -0.15) is 0 Å². The molecular formula is C12H21N3O3. The van der Waals surface area contributed by atoms with Gasteiger partial charge in [-0.15, -0.1) is 0 Å². The molecule has 3 N–H and O–H groups in total. The van der Waals surface area contributed by atoms with Crippen LogP contribution in [0.2, 0.25) is 0 Å². The van der Waals surface area contributed by atoms with Gasteiger partial charge in [-0.25, -0.2) is 4.79 Å². The van der Waals surface area contributed by atoms with Gasteiger partial charge in [-0.05, 0) is 11.8 Å². The zero-order valence-electron chi connectivity index (χ0n) is 11.1. The molecule has 1 heterocycles. The third kappa shape index (κ3) is 5.67. The normalized spacial score (nSPS) is 13.1. The molecule has 6 heteroatoms. The molecule has 0 aliphatic heterocycles. The molecule has 0 bridgehead atoms. The molecule has 2 amide bonds. The van der Waals surface area contributed by atoms with E-state index in [-0.39, 0.29) is 24.1 Å². The van der Waals surface area contributed by atoms with Gasteiger partial charge in [-0.1, -0.05) is 25.9 Å². The number of rotatable bonds is 5. The lowest BCUT2D eigenvalue weighted by atomic mass is 9.88. The molecule has 0 radical (unpaired) electrons. The maximum Gasteiger partial charge on any atom is 0.315 e. The molecule has 1 rings (SSSR count). The monoisotopic (exact) mass is 255 g/mol. The number of urea groups is 1. The summed E-state index contributed by atoms with van der Waals surface area (Å²) in [7, 11) is 0. The number of aliphatic hydroxyl groups excluding tert-OH is 1. The summed E-state index contributed by atoms with van der Waals surface area (Å²) in [6.45, 7) is 6.41. The zero-order chi connectivity index (χ0) is 13.6. The van der Waals surface area contributed by atoms with Crippen LogP contribution in [0.25, 0.3) is 0 Å². The SMILES string of the molecule is CC(C)(C)CC(CO)NC(=O)NCc1ccon1. The summed E-state index contributed by atoms with van der Waals surface area (Å²) in [4.78, 5) is 11.6. The minimum absolute atomic E-state index is 0.0484. The van der Waals surface area contributed by atoms with Crippen molar-refractivity contribution in [1.82, 2.24) is 15.8 Å². The van der Waals surface area contributed by atoms with E-state index >= 15 is 0 Å². The van der Waals surface area contributed by atoms with Gasteiger partial charge in [0.2, 0.25) is 0 Å². The summed E-state index contributed by atoms with van der Waals surface area (Å²) < 4.78 is 4.65. The quantitative estimate of drug-likeness (QED) is 0.739. The van der Waals surface area contributed by atoms with Gasteiger partial charge in [0.1, 0.15) is 12.0 Å². The van der Waals surface area contributed by atoms with Crippen LogP contribution in [-0.2, 0) is 6.54 Å². The first-order chi connectivity index (χ1) is 8.40. The fourth-order valence-electron chi connectivity index (χ4n) is 1.64. The number of nitrogens with zero attached hydrogens (tertiary/aromatic N) is 1. The summed E-state index contributed by atoms with van der Waals surface area (Å²) in [5, 5.41) is 18.3. The van der Waals surface area contributed by atoms with Gasteiger partial charge in [0, 0.05) is 6.07 Å². The first-order valence-corrected chi connectivity index (χ1v) is 5.95. The fraction of sp³-hybridized carbons (Fsp3) is 0.667. The second kappa shape index (κ2) is 6.39. The third-order valence-electron chi connectivity index (χ3n) is 2.34. The van der Waals surface area contributed by atoms with Crippen molar-refractivity contribution < 1.29 is 14.4 Å². The lowest BCUT2D eigenvalue weighted by molar-refractivity contribution is 0.190. The zero-order valence-corrected chi connectivity index (χ0v) is 11.1. The number of carbonyl (C=O) groups excluding carboxylic acids is 1. The molecule has 0 aliphatic rings. The predicted molar refractivity (Wildman–Crippen MR) is 66.8 cm³/mol. The molecule has 0 saturated heterocycles. The van der Waals surface area contributed by atoms with Gasteiger partial charge in [0.15, 0.2) is 0 Å². The molecule has 102 valence electrons. The Morgan fingerprint density at radius 2 is 2.28 bits per heavy atom. The van der Waals surface area contributed by atoms with Crippen LogP contribution in [0.15, 0.2) is 16.9 Å². The number of nitrogens with one attached hydrogen (secondary N) is 2. The number of aliphatic hydroxyl groups is 1. The minimum Gasteiger partial charge on any atom is -0.394 e. The van der Waals surface area contributed by atoms with Crippen LogP contribution < -0.4 is 10.6 Å². The van der Waals surface area contributed by atoms with E-state index in [1.807, 2.05) is 0 Å². The fourth-order valence-corrected chi connectivity index (χ4v) is 1.64. The van der Waals surface area contributed by atoms with Crippen LogP contribution in [0.3, 0.4) is 0 Å². The van der Waals surface area contributed by atoms with Crippen molar-refractivity contribution in [3.63, 3.8) is 0 Å². The molecule has 0 spiro atoms. The highest BCUT2D eigenvalue weighted by Gasteiger charge is 2.19. The topological polar surface area (TPSA) is 87.4 Å². The molecule has 1 atom stereocenters. The van der Waals surface area contributed by atoms with Crippen LogP contribution in [0.1, 0.15) is 32.9 Å². The Labute approximate surface area is 107 Å². The van der Waals surface area contributed by atoms with Crippen molar-refractivity contribution in [2.24, 2.45) is 5.41 Å². The summed E-state index contributed by atoms with van der Waals surface area (Å²) in [5.41, 5.74) is 0.703. The molecule has 1 aromatic rings. The van der Waals surface area contributed by atoms with E-state index < -0.39 is 0 Å². The second-order valence-corrected chi connectivity index (χ2v) is 5.46. The van der Waals surface area contributed by atoms with E-state index in [4.69, 9.17) is 0 Å². The third-order valence-corrected chi connectivity index (χ3v) is 2.34. The molecule has 1 unspecified atom stereocenters. The predicted octanol–water partition coefficient (Wildman–Crippen LogP) is 1.27. The molecule has 0 aromatic carbocycles. The Hall–Kier alpha value is -1.56. The summed E-state index contributed by atoms with van der Waals surface area (Å²) >= 11 is 0. The first-order valence-electron chi connectivity index (χ1n) is 5.95. The van der Waals surface area contributed by atoms with Crippen molar-refractivity contribution in [3.05, 3.63) is 18.0 Å². The van der Waals surface area contributed by atoms with E-state index in [0.29, 0.717) is 18.7 Å². The van der Waals surface area contributed by atoms with E-state index in [0.717, 1.165) is 0 Å². The van der Waals surface area contributed by atoms with Crippen LogP contribution >= 0.6 is 0 Å². The highest BCUT2D eigenvalue weighted by molar-refractivity contribution is 5.74. The minimum atomic E-state index is -0.318. The standard InChI is InChI=1S/C12H21N3O3/c1-12(2,3)6-10(8-16)14-11(17)13-7-9-4-5-18-15-9/h4-5,10,16H,6-8H2,1-3H3,(H2,13,14,17). The largest absolute Gasteiger partial charge is 0.394 e. The number of aromatic nitrogens is 1. The van der Waals surface area contributed by atoms with Crippen molar-refractivity contribution in [1.29, 1.82) is 0 Å². The highest BCUT2D eigenvalue weighted by Crippen LogP contribution is 2.20. The molecular weight excluding hydrogens is 234 g/mol. The van der Waals surface area contributed by atoms with Gasteiger partial charge in [0.05, 0.1) is 19.2 Å². The van der Waals surface area contributed by atoms with Crippen molar-refractivity contribution in [2.75, 3.05) is 6.61 Å².